The lowest BCUT2D eigenvalue weighted by atomic mass is 9.85. The number of pyridine rings is 1. The van der Waals surface area contributed by atoms with E-state index in [1.165, 1.54) is 0 Å². The first-order valence-electron chi connectivity index (χ1n) is 23.3. The fraction of sp³-hybridized carbons (Fsp3) is 0.0962. The number of anilines is 4. The Bertz CT molecular complexity index is 3040. The summed E-state index contributed by atoms with van der Waals surface area (Å²) in [5.41, 5.74) is 7.92. The molecule has 0 aliphatic carbocycles. The lowest BCUT2D eigenvalue weighted by molar-refractivity contribution is 0.416. The average molecular weight is 738 g/mol. The molecule has 4 nitrogen and oxygen atoms in total. The number of methoxy groups -OCH3 is 1. The fourth-order valence-corrected chi connectivity index (χ4v) is 6.61. The Morgan fingerprint density at radius 3 is 1.71 bits per heavy atom. The van der Waals surface area contributed by atoms with E-state index in [2.05, 4.69) is 67.8 Å². The Hall–Kier alpha value is -6.91. The van der Waals surface area contributed by atoms with Crippen LogP contribution >= 0.6 is 0 Å². The van der Waals surface area contributed by atoms with Crippen molar-refractivity contribution in [1.29, 1.82) is 0 Å². The minimum absolute atomic E-state index is 0.122. The smallest absolute Gasteiger partial charge is 0.128 e. The van der Waals surface area contributed by atoms with Gasteiger partial charge in [0.15, 0.2) is 0 Å². The summed E-state index contributed by atoms with van der Waals surface area (Å²) in [5, 5.41) is 7.05. The Morgan fingerprint density at radius 2 is 1.07 bits per heavy atom. The maximum absolute atomic E-state index is 8.92. The Morgan fingerprint density at radius 1 is 0.500 bits per heavy atom. The third-order valence-corrected chi connectivity index (χ3v) is 9.48. The number of rotatable bonds is 10. The molecule has 8 rings (SSSR count). The van der Waals surface area contributed by atoms with E-state index >= 15 is 0 Å². The molecule has 7 aromatic carbocycles. The molecule has 0 amide bonds. The molecule has 0 unspecified atom stereocenters. The number of benzene rings is 7. The highest BCUT2D eigenvalue weighted by molar-refractivity contribution is 5.95. The summed E-state index contributed by atoms with van der Waals surface area (Å²) in [4.78, 5) is 5.24. The van der Waals surface area contributed by atoms with E-state index in [1.807, 2.05) is 60.7 Å². The number of hydrogen-bond acceptors (Lipinski definition) is 4. The van der Waals surface area contributed by atoms with E-state index in [0.717, 1.165) is 44.9 Å². The average Bonchev–Trinajstić information content (AvgIpc) is 3.32. The van der Waals surface area contributed by atoms with Crippen molar-refractivity contribution in [3.05, 3.63) is 193 Å². The zero-order chi connectivity index (χ0) is 47.2. The van der Waals surface area contributed by atoms with Gasteiger partial charge < -0.3 is 15.4 Å². The van der Waals surface area contributed by atoms with Crippen LogP contribution in [-0.2, 0) is 5.41 Å². The first-order valence-corrected chi connectivity index (χ1v) is 18.3. The Balaban J connectivity index is 1.31. The van der Waals surface area contributed by atoms with Crippen molar-refractivity contribution < 1.29 is 18.4 Å². The van der Waals surface area contributed by atoms with Crippen LogP contribution in [0.1, 0.15) is 40.0 Å². The van der Waals surface area contributed by atoms with Gasteiger partial charge in [0.25, 0.3) is 0 Å². The van der Waals surface area contributed by atoms with E-state index in [9.17, 15) is 0 Å². The standard InChI is InChI=1S/C52H45N3O/c1-52(2,3)41-31-40(48-33-39(36-19-8-5-9-20-36)34-49(54-48)45-25-14-17-30-50(45)56-4)32-42(35-41)53-46-28-15-16-29-47(46)55-51-43(37-21-10-6-11-22-37)26-18-27-44(51)38-23-12-7-13-24-38/h5-35,53,55H,1-4H3/i6D,7D,10D,11D,12D,13D,21D,22D,23D,24D. The maximum atomic E-state index is 8.92. The second-order valence-corrected chi connectivity index (χ2v) is 14.3. The van der Waals surface area contributed by atoms with Crippen LogP contribution in [0.2, 0.25) is 0 Å². The highest BCUT2D eigenvalue weighted by Crippen LogP contribution is 2.42. The predicted octanol–water partition coefficient (Wildman–Crippen LogP) is 14.2. The summed E-state index contributed by atoms with van der Waals surface area (Å²) in [5.74, 6) is 0.693. The molecule has 0 spiro atoms. The third-order valence-electron chi connectivity index (χ3n) is 9.48. The number of ether oxygens (including phenoxy) is 1. The maximum Gasteiger partial charge on any atom is 0.128 e. The van der Waals surface area contributed by atoms with E-state index in [1.54, 1.807) is 37.4 Å². The molecule has 1 heterocycles. The molecule has 0 saturated carbocycles. The van der Waals surface area contributed by atoms with Gasteiger partial charge in [-0.2, -0.15) is 0 Å². The van der Waals surface area contributed by atoms with Gasteiger partial charge in [-0.05, 0) is 87.8 Å². The first kappa shape index (κ1) is 26.0. The van der Waals surface area contributed by atoms with Crippen LogP contribution in [0.3, 0.4) is 0 Å². The normalized spacial score (nSPS) is 13.7. The molecule has 274 valence electrons. The Kier molecular flexibility index (Phi) is 7.34. The summed E-state index contributed by atoms with van der Waals surface area (Å²) < 4.78 is 92.0. The van der Waals surface area contributed by atoms with Gasteiger partial charge in [-0.1, -0.05) is 154 Å². The van der Waals surface area contributed by atoms with E-state index in [0.29, 0.717) is 17.1 Å². The van der Waals surface area contributed by atoms with Gasteiger partial charge in [-0.15, -0.1) is 0 Å². The monoisotopic (exact) mass is 737 g/mol. The molecule has 0 radical (unpaired) electrons. The van der Waals surface area contributed by atoms with Gasteiger partial charge in [0.05, 0.1) is 49.3 Å². The molecule has 0 aliphatic rings. The largest absolute Gasteiger partial charge is 0.496 e. The van der Waals surface area contributed by atoms with Gasteiger partial charge in [-0.3, -0.25) is 0 Å². The first-order chi connectivity index (χ1) is 31.5. The van der Waals surface area contributed by atoms with Gasteiger partial charge in [0.1, 0.15) is 5.75 Å². The zero-order valence-electron chi connectivity index (χ0n) is 41.5. The number of nitrogens with zero attached hydrogens (tertiary/aromatic N) is 1. The van der Waals surface area contributed by atoms with Crippen LogP contribution in [0.4, 0.5) is 22.7 Å². The molecule has 0 fully saturated rings. The number of nitrogens with one attached hydrogen (secondary N) is 2. The topological polar surface area (TPSA) is 46.2 Å². The second-order valence-electron chi connectivity index (χ2n) is 14.3. The summed E-state index contributed by atoms with van der Waals surface area (Å²) >= 11 is 0. The lowest BCUT2D eigenvalue weighted by Gasteiger charge is -2.23. The SMILES string of the molecule is [2H]c1c([2H])c([2H])c(-c2cccc(-c3c([2H])c([2H])c([2H])c([2H])c3[2H])c2Nc2ccccc2Nc2cc(-c3cc(-c4ccccc4)cc(-c4ccccc4OC)n3)cc(C(C)(C)C)c2)c([2H])c1[2H]. The predicted molar refractivity (Wildman–Crippen MR) is 236 cm³/mol. The second kappa shape index (κ2) is 15.8. The van der Waals surface area contributed by atoms with Crippen molar-refractivity contribution in [3.8, 4) is 61.6 Å². The molecular weight excluding hydrogens is 683 g/mol. The van der Waals surface area contributed by atoms with Crippen molar-refractivity contribution in [2.45, 2.75) is 26.2 Å². The van der Waals surface area contributed by atoms with Gasteiger partial charge in [-0.25, -0.2) is 4.98 Å². The molecule has 0 aliphatic heterocycles. The minimum Gasteiger partial charge on any atom is -0.496 e. The summed E-state index contributed by atoms with van der Waals surface area (Å²) in [6, 6.07) is 35.2. The quantitative estimate of drug-likeness (QED) is 0.147. The molecule has 0 saturated heterocycles. The van der Waals surface area contributed by atoms with Crippen molar-refractivity contribution >= 4 is 22.7 Å². The Labute approximate surface area is 344 Å². The van der Waals surface area contributed by atoms with Gasteiger partial charge >= 0.3 is 0 Å². The van der Waals surface area contributed by atoms with Crippen LogP contribution in [-0.4, -0.2) is 12.1 Å². The third kappa shape index (κ3) is 7.82. The van der Waals surface area contributed by atoms with Crippen LogP contribution < -0.4 is 15.4 Å². The van der Waals surface area contributed by atoms with Crippen molar-refractivity contribution in [2.24, 2.45) is 0 Å². The minimum atomic E-state index is -0.561. The zero-order valence-corrected chi connectivity index (χ0v) is 31.5. The molecule has 1 aromatic heterocycles. The van der Waals surface area contributed by atoms with Crippen LogP contribution in [0.25, 0.3) is 55.9 Å². The molecule has 0 bridgehead atoms. The molecule has 8 aromatic rings. The summed E-state index contributed by atoms with van der Waals surface area (Å²) in [6.45, 7) is 6.40. The number of para-hydroxylation sites is 4. The molecule has 2 N–H and O–H groups in total. The molecule has 56 heavy (non-hydrogen) atoms. The van der Waals surface area contributed by atoms with Crippen LogP contribution in [0, 0.1) is 0 Å². The number of hydrogen-bond donors (Lipinski definition) is 2. The van der Waals surface area contributed by atoms with Crippen LogP contribution in [0.5, 0.6) is 5.75 Å². The van der Waals surface area contributed by atoms with Crippen molar-refractivity contribution in [2.75, 3.05) is 17.7 Å². The molecule has 4 heteroatoms. The van der Waals surface area contributed by atoms with Crippen molar-refractivity contribution in [3.63, 3.8) is 0 Å². The van der Waals surface area contributed by atoms with Gasteiger partial charge in [0, 0.05) is 27.9 Å². The molecule has 0 atom stereocenters. The summed E-state index contributed by atoms with van der Waals surface area (Å²) in [7, 11) is 1.64. The van der Waals surface area contributed by atoms with Gasteiger partial charge in [0.2, 0.25) is 0 Å². The molecular formula is C52H45N3O. The highest BCUT2D eigenvalue weighted by atomic mass is 16.5. The lowest BCUT2D eigenvalue weighted by Crippen LogP contribution is -2.12. The van der Waals surface area contributed by atoms with E-state index in [-0.39, 0.29) is 33.4 Å². The van der Waals surface area contributed by atoms with Crippen LogP contribution in [0.15, 0.2) is 188 Å². The summed E-state index contributed by atoms with van der Waals surface area (Å²) in [6.07, 6.45) is 0. The van der Waals surface area contributed by atoms with E-state index < -0.39 is 60.4 Å². The van der Waals surface area contributed by atoms with E-state index in [4.69, 9.17) is 23.4 Å². The fourth-order valence-electron chi connectivity index (χ4n) is 6.61. The number of aromatic nitrogens is 1. The van der Waals surface area contributed by atoms with Crippen molar-refractivity contribution in [1.82, 2.24) is 4.98 Å². The highest BCUT2D eigenvalue weighted by Gasteiger charge is 2.20.